The minimum absolute atomic E-state index is 0. The number of alkyl halides is 12. The van der Waals surface area contributed by atoms with Gasteiger partial charge in [0.05, 0.1) is 29.9 Å². The molecule has 0 unspecified atom stereocenters. The topological polar surface area (TPSA) is 213 Å². The second kappa shape index (κ2) is 31.5. The summed E-state index contributed by atoms with van der Waals surface area (Å²) in [6.07, 6.45) is -18.5. The van der Waals surface area contributed by atoms with Crippen LogP contribution in [0.5, 0.6) is 11.5 Å². The van der Waals surface area contributed by atoms with Gasteiger partial charge in [0.25, 0.3) is 0 Å². The number of hydrogen-bond acceptors (Lipinski definition) is 9. The van der Waals surface area contributed by atoms with Crippen LogP contribution in [-0.2, 0) is 38.2 Å². The van der Waals surface area contributed by atoms with Gasteiger partial charge in [-0.1, -0.05) is 98.9 Å². The summed E-state index contributed by atoms with van der Waals surface area (Å²) in [5.74, 6) is -18.0. The molecular formula is C56H51ClF16N4O9. The Morgan fingerprint density at radius 3 is 1.33 bits per heavy atom. The molecule has 0 heterocycles. The van der Waals surface area contributed by atoms with Crippen LogP contribution in [0.2, 0.25) is 0 Å². The number of carboxylic acid groups (broad SMARTS) is 2. The number of halogens is 17. The highest BCUT2D eigenvalue weighted by Gasteiger charge is 2.47. The summed E-state index contributed by atoms with van der Waals surface area (Å²) >= 11 is 4.75. The summed E-state index contributed by atoms with van der Waals surface area (Å²) in [5, 5.41) is 20.2. The second-order valence-electron chi connectivity index (χ2n) is 17.6. The van der Waals surface area contributed by atoms with Crippen molar-refractivity contribution in [2.24, 2.45) is 11.5 Å². The number of aliphatic carboxylic acids is 2. The van der Waals surface area contributed by atoms with Crippen LogP contribution in [0.4, 0.5) is 79.8 Å². The fourth-order valence-electron chi connectivity index (χ4n) is 7.11. The first kappa shape index (κ1) is 73.5. The second-order valence-corrected chi connectivity index (χ2v) is 17.9. The van der Waals surface area contributed by atoms with Gasteiger partial charge in [-0.05, 0) is 95.3 Å². The highest BCUT2D eigenvalue weighted by atomic mass is 35.5. The van der Waals surface area contributed by atoms with Gasteiger partial charge >= 0.3 is 60.3 Å². The van der Waals surface area contributed by atoms with E-state index in [0.29, 0.717) is 29.0 Å². The van der Waals surface area contributed by atoms with Gasteiger partial charge in [0.2, 0.25) is 0 Å². The molecule has 6 aromatic rings. The molecule has 0 radical (unpaired) electrons. The summed E-state index contributed by atoms with van der Waals surface area (Å²) in [6, 6.07) is 28.8. The number of nitrogens with two attached hydrogens (primary N) is 2. The number of carbonyl (C=O) groups excluding carboxylic acids is 2. The van der Waals surface area contributed by atoms with Gasteiger partial charge < -0.3 is 46.5 Å². The SMILES string of the molecule is C.C=C(C)OC(=O)Cl.NCC(F)(F)C(=O)O.N[C@](Cc1ccccc1)(c1ccc(F)cc1)c1cc(F)cc(OC(F)(F)C(F)F)c1.O=C(NCC(F)(F)C(=O)O)N[C@](Cc1ccccc1)(c1ccc(F)cc1)c1cc(F)cc(OC(F)(F)C(F)F)c1. The fraction of sp³-hybridized carbons (Fsp3) is 0.250. The van der Waals surface area contributed by atoms with Gasteiger partial charge in [0.1, 0.15) is 34.8 Å². The molecule has 30 heteroatoms. The molecule has 0 aliphatic carbocycles. The van der Waals surface area contributed by atoms with Crippen molar-refractivity contribution < 1.29 is 114 Å². The fourth-order valence-corrected chi connectivity index (χ4v) is 7.24. The van der Waals surface area contributed by atoms with Crippen molar-refractivity contribution in [3.63, 3.8) is 0 Å². The molecule has 0 bridgehead atoms. The molecule has 0 aromatic heterocycles. The lowest BCUT2D eigenvalue weighted by Gasteiger charge is -2.37. The molecule has 2 atom stereocenters. The van der Waals surface area contributed by atoms with Gasteiger partial charge in [0, 0.05) is 30.2 Å². The standard InChI is InChI=1S/C26H20F8N2O4.C22H17F6NO.C4H5ClO2.C3H5F2NO2.CH4/c27-18-8-6-16(7-9-18)24(13-15-4-2-1-3-5-15,36-23(39)35-14-25(31,32)22(37)38)17-10-19(28)12-20(11-17)40-26(33,34)21(29)30;23-17-8-6-15(7-9-17)21(29,13-14-4-2-1-3-5-14)16-10-18(24)12-19(11-16)30-22(27,28)20(25)26;1-3(2)7-4(5)6;4-3(5,1-6)2(7)8;/h1-12,21H,13-14H2,(H,37,38)(H2,35,36,39);1-12,20H,13,29H2;1H2,2H3;1,6H2,(H,7,8);1H4/t24-;21-;;;/m11.../s1. The molecule has 0 fully saturated rings. The predicted octanol–water partition coefficient (Wildman–Crippen LogP) is 13.5. The summed E-state index contributed by atoms with van der Waals surface area (Å²) in [4.78, 5) is 42.8. The van der Waals surface area contributed by atoms with Crippen molar-refractivity contribution in [3.8, 4) is 11.5 Å². The van der Waals surface area contributed by atoms with E-state index in [2.05, 4.69) is 31.8 Å². The van der Waals surface area contributed by atoms with E-state index in [-0.39, 0.29) is 37.0 Å². The number of rotatable bonds is 21. The van der Waals surface area contributed by atoms with E-state index in [1.165, 1.54) is 24.3 Å². The number of hydrogen-bond donors (Lipinski definition) is 6. The minimum Gasteiger partial charge on any atom is -0.477 e. The van der Waals surface area contributed by atoms with Crippen LogP contribution in [0.1, 0.15) is 47.7 Å². The van der Waals surface area contributed by atoms with E-state index in [9.17, 15) is 89.4 Å². The number of carbonyl (C=O) groups is 4. The molecule has 86 heavy (non-hydrogen) atoms. The third kappa shape index (κ3) is 22.1. The van der Waals surface area contributed by atoms with Crippen molar-refractivity contribution in [3.05, 3.63) is 215 Å². The summed E-state index contributed by atoms with van der Waals surface area (Å²) in [6.45, 7) is 1.99. The first-order chi connectivity index (χ1) is 39.4. The van der Waals surface area contributed by atoms with Crippen molar-refractivity contribution in [1.29, 1.82) is 0 Å². The first-order valence-electron chi connectivity index (χ1n) is 23.6. The molecular weight excluding hydrogens is 1210 g/mol. The van der Waals surface area contributed by atoms with Crippen LogP contribution >= 0.6 is 11.6 Å². The highest BCUT2D eigenvalue weighted by molar-refractivity contribution is 6.61. The van der Waals surface area contributed by atoms with Gasteiger partial charge in [-0.3, -0.25) is 0 Å². The van der Waals surface area contributed by atoms with Crippen molar-refractivity contribution >= 4 is 35.0 Å². The Balaban J connectivity index is 0.000000479. The molecule has 0 saturated heterocycles. The lowest BCUT2D eigenvalue weighted by atomic mass is 9.77. The zero-order valence-electron chi connectivity index (χ0n) is 43.4. The maximum absolute atomic E-state index is 14.7. The molecule has 13 nitrogen and oxygen atoms in total. The molecule has 6 rings (SSSR count). The zero-order chi connectivity index (χ0) is 64.3. The van der Waals surface area contributed by atoms with Crippen LogP contribution in [-0.4, -0.2) is 83.6 Å². The van der Waals surface area contributed by atoms with Gasteiger partial charge in [0.15, 0.2) is 0 Å². The monoisotopic (exact) mass is 1260 g/mol. The van der Waals surface area contributed by atoms with E-state index in [1.807, 2.05) is 0 Å². The third-order valence-electron chi connectivity index (χ3n) is 11.0. The van der Waals surface area contributed by atoms with Crippen LogP contribution < -0.4 is 31.6 Å². The van der Waals surface area contributed by atoms with E-state index in [1.54, 1.807) is 60.8 Å². The van der Waals surface area contributed by atoms with Gasteiger partial charge in [-0.15, -0.1) is 0 Å². The Morgan fingerprint density at radius 1 is 0.570 bits per heavy atom. The Morgan fingerprint density at radius 2 is 0.965 bits per heavy atom. The van der Waals surface area contributed by atoms with Crippen LogP contribution in [0.25, 0.3) is 0 Å². The zero-order valence-corrected chi connectivity index (χ0v) is 44.1. The molecule has 0 saturated carbocycles. The molecule has 6 aromatic carbocycles. The average Bonchev–Trinajstić information content (AvgIpc) is 1.24. The number of amides is 2. The van der Waals surface area contributed by atoms with Crippen LogP contribution in [0, 0.1) is 23.3 Å². The number of urea groups is 1. The van der Waals surface area contributed by atoms with E-state index < -0.39 is 119 Å². The predicted molar refractivity (Wildman–Crippen MR) is 279 cm³/mol. The quantitative estimate of drug-likeness (QED) is 0.0227. The number of benzene rings is 6. The average molecular weight is 1260 g/mol. The van der Waals surface area contributed by atoms with Gasteiger partial charge in [-0.25, -0.2) is 36.7 Å². The Hall–Kier alpha value is -8.57. The van der Waals surface area contributed by atoms with Crippen LogP contribution in [0.15, 0.2) is 158 Å². The molecule has 0 aliphatic rings. The highest BCUT2D eigenvalue weighted by Crippen LogP contribution is 2.39. The van der Waals surface area contributed by atoms with Crippen molar-refractivity contribution in [2.45, 2.75) is 75.2 Å². The maximum Gasteiger partial charge on any atom is 0.461 e. The Bertz CT molecular complexity index is 3180. The Labute approximate surface area is 484 Å². The number of carboxylic acids is 2. The molecule has 468 valence electrons. The smallest absolute Gasteiger partial charge is 0.461 e. The van der Waals surface area contributed by atoms with Crippen molar-refractivity contribution in [1.82, 2.24) is 10.6 Å². The third-order valence-corrected chi connectivity index (χ3v) is 11.1. The minimum atomic E-state index is -5.03. The molecule has 0 spiro atoms. The van der Waals surface area contributed by atoms with E-state index in [0.717, 1.165) is 66.2 Å². The Kier molecular flexibility index (Phi) is 27.0. The number of ether oxygens (including phenoxy) is 3. The lowest BCUT2D eigenvalue weighted by Crippen LogP contribution is -2.54. The van der Waals surface area contributed by atoms with E-state index in [4.69, 9.17) is 27.5 Å². The summed E-state index contributed by atoms with van der Waals surface area (Å²) < 4.78 is 223. The maximum atomic E-state index is 14.7. The normalized spacial score (nSPS) is 12.8. The number of allylic oxidation sites excluding steroid dienone is 1. The van der Waals surface area contributed by atoms with Crippen molar-refractivity contribution in [2.75, 3.05) is 13.1 Å². The van der Waals surface area contributed by atoms with Crippen LogP contribution in [0.3, 0.4) is 0 Å². The molecule has 2 amide bonds. The molecule has 8 N–H and O–H groups in total. The first-order valence-corrected chi connectivity index (χ1v) is 24.0. The van der Waals surface area contributed by atoms with E-state index >= 15 is 0 Å². The number of nitrogens with one attached hydrogen (secondary N) is 2. The summed E-state index contributed by atoms with van der Waals surface area (Å²) in [7, 11) is 0. The summed E-state index contributed by atoms with van der Waals surface area (Å²) in [5.41, 5.74) is 7.69. The largest absolute Gasteiger partial charge is 0.477 e. The molecule has 0 aliphatic heterocycles. The van der Waals surface area contributed by atoms with Gasteiger partial charge in [-0.2, -0.15) is 52.7 Å². The lowest BCUT2D eigenvalue weighted by molar-refractivity contribution is -0.253.